The Hall–Kier alpha value is -3.27. The Morgan fingerprint density at radius 3 is 2.30 bits per heavy atom. The summed E-state index contributed by atoms with van der Waals surface area (Å²) in [6, 6.07) is 27.5. The van der Waals surface area contributed by atoms with Gasteiger partial charge in [-0.3, -0.25) is 4.79 Å². The predicted molar refractivity (Wildman–Crippen MR) is 110 cm³/mol. The fourth-order valence-corrected chi connectivity index (χ4v) is 2.72. The van der Waals surface area contributed by atoms with Crippen molar-refractivity contribution in [2.45, 2.75) is 12.8 Å². The molecule has 0 fully saturated rings. The Kier molecular flexibility index (Phi) is 6.87. The van der Waals surface area contributed by atoms with E-state index in [0.717, 1.165) is 30.0 Å². The van der Waals surface area contributed by atoms with E-state index in [4.69, 9.17) is 4.74 Å². The number of amides is 1. The Morgan fingerprint density at radius 1 is 0.815 bits per heavy atom. The summed E-state index contributed by atoms with van der Waals surface area (Å²) in [6.45, 7) is 0.855. The minimum absolute atomic E-state index is 0.0971. The van der Waals surface area contributed by atoms with Crippen LogP contribution < -0.4 is 15.4 Å². The van der Waals surface area contributed by atoms with E-state index in [1.54, 1.807) is 0 Å². The zero-order chi connectivity index (χ0) is 18.7. The number of ether oxygens (including phenoxy) is 1. The standard InChI is InChI=1S/C23H24N2O2/c26-23(18-24-20-12-5-2-6-13-20)25-21-14-7-15-22(17-21)27-16-8-11-19-9-3-1-4-10-19/h1-7,9-10,12-15,17,24H,8,11,16,18H2,(H,25,26). The van der Waals surface area contributed by atoms with Crippen LogP contribution in [0.1, 0.15) is 12.0 Å². The minimum atomic E-state index is -0.0971. The summed E-state index contributed by atoms with van der Waals surface area (Å²) in [5.41, 5.74) is 2.96. The number of benzene rings is 3. The highest BCUT2D eigenvalue weighted by molar-refractivity contribution is 5.93. The van der Waals surface area contributed by atoms with E-state index in [1.807, 2.05) is 60.7 Å². The Labute approximate surface area is 160 Å². The lowest BCUT2D eigenvalue weighted by molar-refractivity contribution is -0.114. The molecule has 3 aromatic rings. The van der Waals surface area contributed by atoms with Crippen molar-refractivity contribution in [1.29, 1.82) is 0 Å². The van der Waals surface area contributed by atoms with Crippen molar-refractivity contribution in [3.63, 3.8) is 0 Å². The van der Waals surface area contributed by atoms with E-state index in [0.29, 0.717) is 6.61 Å². The first kappa shape index (κ1) is 18.5. The molecule has 3 aromatic carbocycles. The molecule has 0 bridgehead atoms. The summed E-state index contributed by atoms with van der Waals surface area (Å²) in [6.07, 6.45) is 1.93. The first-order valence-corrected chi connectivity index (χ1v) is 9.15. The zero-order valence-electron chi connectivity index (χ0n) is 15.2. The molecule has 0 aliphatic rings. The molecule has 0 spiro atoms. The van der Waals surface area contributed by atoms with Crippen molar-refractivity contribution >= 4 is 17.3 Å². The first-order valence-electron chi connectivity index (χ1n) is 9.15. The molecule has 2 N–H and O–H groups in total. The molecule has 4 nitrogen and oxygen atoms in total. The number of aryl methyl sites for hydroxylation is 1. The summed E-state index contributed by atoms with van der Waals surface area (Å²) in [4.78, 5) is 12.1. The molecular weight excluding hydrogens is 336 g/mol. The summed E-state index contributed by atoms with van der Waals surface area (Å²) in [5.74, 6) is 0.664. The highest BCUT2D eigenvalue weighted by atomic mass is 16.5. The molecule has 0 atom stereocenters. The molecule has 0 unspecified atom stereocenters. The highest BCUT2D eigenvalue weighted by Crippen LogP contribution is 2.18. The van der Waals surface area contributed by atoms with Gasteiger partial charge in [-0.05, 0) is 42.7 Å². The minimum Gasteiger partial charge on any atom is -0.494 e. The van der Waals surface area contributed by atoms with Crippen molar-refractivity contribution in [1.82, 2.24) is 0 Å². The number of carbonyl (C=O) groups excluding carboxylic acids is 1. The molecule has 3 rings (SSSR count). The second kappa shape index (κ2) is 10.0. The Balaban J connectivity index is 1.42. The lowest BCUT2D eigenvalue weighted by Crippen LogP contribution is -2.21. The molecule has 0 aliphatic heterocycles. The van der Waals surface area contributed by atoms with Crippen LogP contribution in [0.2, 0.25) is 0 Å². The molecule has 0 saturated carbocycles. The van der Waals surface area contributed by atoms with Crippen LogP contribution in [-0.2, 0) is 11.2 Å². The van der Waals surface area contributed by atoms with Gasteiger partial charge in [0.1, 0.15) is 5.75 Å². The first-order chi connectivity index (χ1) is 13.3. The van der Waals surface area contributed by atoms with E-state index in [2.05, 4.69) is 34.9 Å². The molecule has 0 aliphatic carbocycles. The maximum absolute atomic E-state index is 12.1. The highest BCUT2D eigenvalue weighted by Gasteiger charge is 2.04. The number of para-hydroxylation sites is 1. The molecule has 4 heteroatoms. The molecule has 0 saturated heterocycles. The number of nitrogens with one attached hydrogen (secondary N) is 2. The van der Waals surface area contributed by atoms with Crippen LogP contribution in [0.5, 0.6) is 5.75 Å². The van der Waals surface area contributed by atoms with E-state index in [-0.39, 0.29) is 12.5 Å². The zero-order valence-corrected chi connectivity index (χ0v) is 15.2. The van der Waals surface area contributed by atoms with Crippen molar-refractivity contribution in [3.8, 4) is 5.75 Å². The van der Waals surface area contributed by atoms with Gasteiger partial charge in [0.2, 0.25) is 5.91 Å². The SMILES string of the molecule is O=C(CNc1ccccc1)Nc1cccc(OCCCc2ccccc2)c1. The van der Waals surface area contributed by atoms with E-state index in [1.165, 1.54) is 5.56 Å². The summed E-state index contributed by atoms with van der Waals surface area (Å²) in [5, 5.41) is 5.98. The Bertz CT molecular complexity index is 835. The van der Waals surface area contributed by atoms with Crippen LogP contribution in [0.15, 0.2) is 84.9 Å². The molecule has 0 aromatic heterocycles. The molecule has 0 heterocycles. The third-order valence-corrected chi connectivity index (χ3v) is 4.07. The number of rotatable bonds is 9. The van der Waals surface area contributed by atoms with Crippen LogP contribution >= 0.6 is 0 Å². The van der Waals surface area contributed by atoms with Crippen LogP contribution in [0.3, 0.4) is 0 Å². The van der Waals surface area contributed by atoms with Crippen molar-refractivity contribution < 1.29 is 9.53 Å². The third-order valence-electron chi connectivity index (χ3n) is 4.07. The van der Waals surface area contributed by atoms with Gasteiger partial charge in [-0.2, -0.15) is 0 Å². The smallest absolute Gasteiger partial charge is 0.243 e. The molecule has 138 valence electrons. The van der Waals surface area contributed by atoms with Crippen molar-refractivity contribution in [2.75, 3.05) is 23.8 Å². The van der Waals surface area contributed by atoms with Gasteiger partial charge in [-0.25, -0.2) is 0 Å². The van der Waals surface area contributed by atoms with Crippen LogP contribution in [0, 0.1) is 0 Å². The lowest BCUT2D eigenvalue weighted by atomic mass is 10.1. The summed E-state index contributed by atoms with van der Waals surface area (Å²) < 4.78 is 5.81. The summed E-state index contributed by atoms with van der Waals surface area (Å²) >= 11 is 0. The van der Waals surface area contributed by atoms with Crippen molar-refractivity contribution in [2.24, 2.45) is 0 Å². The number of hydrogen-bond acceptors (Lipinski definition) is 3. The van der Waals surface area contributed by atoms with Gasteiger partial charge in [-0.1, -0.05) is 54.6 Å². The van der Waals surface area contributed by atoms with Gasteiger partial charge < -0.3 is 15.4 Å². The van der Waals surface area contributed by atoms with Gasteiger partial charge >= 0.3 is 0 Å². The quantitative estimate of drug-likeness (QED) is 0.542. The molecule has 0 radical (unpaired) electrons. The van der Waals surface area contributed by atoms with Crippen molar-refractivity contribution in [3.05, 3.63) is 90.5 Å². The lowest BCUT2D eigenvalue weighted by Gasteiger charge is -2.10. The van der Waals surface area contributed by atoms with Crippen LogP contribution in [-0.4, -0.2) is 19.1 Å². The maximum atomic E-state index is 12.1. The van der Waals surface area contributed by atoms with Gasteiger partial charge in [0.15, 0.2) is 0 Å². The van der Waals surface area contributed by atoms with Gasteiger partial charge in [0.05, 0.1) is 13.2 Å². The van der Waals surface area contributed by atoms with Crippen LogP contribution in [0.4, 0.5) is 11.4 Å². The van der Waals surface area contributed by atoms with Gasteiger partial charge in [0.25, 0.3) is 0 Å². The molecule has 1 amide bonds. The monoisotopic (exact) mass is 360 g/mol. The van der Waals surface area contributed by atoms with E-state index >= 15 is 0 Å². The van der Waals surface area contributed by atoms with Gasteiger partial charge in [-0.15, -0.1) is 0 Å². The van der Waals surface area contributed by atoms with E-state index in [9.17, 15) is 4.79 Å². The predicted octanol–water partition coefficient (Wildman–Crippen LogP) is 4.75. The average molecular weight is 360 g/mol. The Morgan fingerprint density at radius 2 is 1.52 bits per heavy atom. The molecular formula is C23H24N2O2. The van der Waals surface area contributed by atoms with E-state index < -0.39 is 0 Å². The number of anilines is 2. The second-order valence-electron chi connectivity index (χ2n) is 6.23. The fraction of sp³-hybridized carbons (Fsp3) is 0.174. The normalized spacial score (nSPS) is 10.2. The average Bonchev–Trinajstić information content (AvgIpc) is 2.72. The second-order valence-corrected chi connectivity index (χ2v) is 6.23. The number of hydrogen-bond donors (Lipinski definition) is 2. The fourth-order valence-electron chi connectivity index (χ4n) is 2.72. The summed E-state index contributed by atoms with van der Waals surface area (Å²) in [7, 11) is 0. The maximum Gasteiger partial charge on any atom is 0.243 e. The topological polar surface area (TPSA) is 50.4 Å². The number of carbonyl (C=O) groups is 1. The molecule has 27 heavy (non-hydrogen) atoms. The van der Waals surface area contributed by atoms with Gasteiger partial charge in [0, 0.05) is 17.4 Å². The largest absolute Gasteiger partial charge is 0.494 e. The third kappa shape index (κ3) is 6.51. The van der Waals surface area contributed by atoms with Crippen LogP contribution in [0.25, 0.3) is 0 Å².